The van der Waals surface area contributed by atoms with Crippen molar-refractivity contribution in [2.24, 2.45) is 5.92 Å². The zero-order valence-corrected chi connectivity index (χ0v) is 17.8. The molecule has 32 heavy (non-hydrogen) atoms. The van der Waals surface area contributed by atoms with Crippen molar-refractivity contribution in [3.8, 4) is 12.1 Å². The van der Waals surface area contributed by atoms with Crippen molar-refractivity contribution in [2.75, 3.05) is 4.90 Å². The van der Waals surface area contributed by atoms with E-state index in [1.165, 1.54) is 0 Å². The summed E-state index contributed by atoms with van der Waals surface area (Å²) in [5, 5.41) is 21.5. The van der Waals surface area contributed by atoms with Crippen LogP contribution in [0, 0.1) is 28.6 Å². The van der Waals surface area contributed by atoms with Crippen LogP contribution >= 0.6 is 11.6 Å². The zero-order chi connectivity index (χ0) is 22.3. The van der Waals surface area contributed by atoms with Crippen molar-refractivity contribution >= 4 is 29.1 Å². The number of anilines is 1. The highest BCUT2D eigenvalue weighted by atomic mass is 35.5. The molecular formula is C27H18ClN3O. The fraction of sp³-hybridized carbons (Fsp3) is 0.148. The molecule has 0 bridgehead atoms. The fourth-order valence-electron chi connectivity index (χ4n) is 5.10. The van der Waals surface area contributed by atoms with Gasteiger partial charge >= 0.3 is 0 Å². The van der Waals surface area contributed by atoms with Crippen molar-refractivity contribution in [3.63, 3.8) is 0 Å². The highest BCUT2D eigenvalue weighted by Crippen LogP contribution is 2.54. The molecule has 1 saturated heterocycles. The summed E-state index contributed by atoms with van der Waals surface area (Å²) in [6, 6.07) is 28.0. The number of ketones is 1. The molecule has 0 N–H and O–H groups in total. The molecule has 4 nitrogen and oxygen atoms in total. The van der Waals surface area contributed by atoms with Gasteiger partial charge in [0.25, 0.3) is 0 Å². The van der Waals surface area contributed by atoms with Crippen LogP contribution in [-0.4, -0.2) is 17.4 Å². The van der Waals surface area contributed by atoms with Gasteiger partial charge in [-0.2, -0.15) is 10.5 Å². The number of Topliss-reactive ketones (excluding diaryl/α,β-unsaturated/α-hetero) is 1. The van der Waals surface area contributed by atoms with Gasteiger partial charge in [0.15, 0.2) is 5.78 Å². The average molecular weight is 436 g/mol. The van der Waals surface area contributed by atoms with Crippen LogP contribution in [0.25, 0.3) is 6.08 Å². The minimum absolute atomic E-state index is 0.0862. The van der Waals surface area contributed by atoms with E-state index in [9.17, 15) is 15.3 Å². The first-order chi connectivity index (χ1) is 15.6. The van der Waals surface area contributed by atoms with Crippen LogP contribution in [-0.2, 0) is 0 Å². The second-order valence-electron chi connectivity index (χ2n) is 8.05. The minimum atomic E-state index is -1.56. The molecule has 5 heteroatoms. The number of halogens is 1. The summed E-state index contributed by atoms with van der Waals surface area (Å²) in [5.41, 5.74) is 1.45. The first-order valence-electron chi connectivity index (χ1n) is 10.3. The van der Waals surface area contributed by atoms with Gasteiger partial charge in [0.2, 0.25) is 5.54 Å². The van der Waals surface area contributed by atoms with Gasteiger partial charge in [-0.1, -0.05) is 84.4 Å². The third-order valence-corrected chi connectivity index (χ3v) is 6.71. The van der Waals surface area contributed by atoms with Crippen LogP contribution in [0.4, 0.5) is 5.69 Å². The van der Waals surface area contributed by atoms with Crippen LogP contribution in [0.3, 0.4) is 0 Å². The monoisotopic (exact) mass is 435 g/mol. The maximum atomic E-state index is 13.9. The predicted molar refractivity (Wildman–Crippen MR) is 124 cm³/mol. The molecule has 2 heterocycles. The molecule has 3 aromatic rings. The Balaban J connectivity index is 1.78. The van der Waals surface area contributed by atoms with Crippen molar-refractivity contribution in [1.29, 1.82) is 10.5 Å². The highest BCUT2D eigenvalue weighted by molar-refractivity contribution is 6.30. The number of rotatable bonds is 3. The molecule has 154 valence electrons. The maximum Gasteiger partial charge on any atom is 0.223 e. The van der Waals surface area contributed by atoms with E-state index in [1.54, 1.807) is 24.3 Å². The summed E-state index contributed by atoms with van der Waals surface area (Å²) in [4.78, 5) is 15.7. The average Bonchev–Trinajstić information content (AvgIpc) is 3.15. The summed E-state index contributed by atoms with van der Waals surface area (Å²) in [7, 11) is 0. The Bertz CT molecular complexity index is 1290. The molecule has 0 unspecified atom stereocenters. The van der Waals surface area contributed by atoms with E-state index in [4.69, 9.17) is 11.6 Å². The smallest absolute Gasteiger partial charge is 0.223 e. The Morgan fingerprint density at radius 1 is 0.906 bits per heavy atom. The molecule has 0 amide bonds. The molecule has 0 aliphatic carbocycles. The number of fused-ring (bicyclic) bond motifs is 3. The summed E-state index contributed by atoms with van der Waals surface area (Å²) in [6.45, 7) is 0. The molecule has 1 fully saturated rings. The number of hydrogen-bond acceptors (Lipinski definition) is 4. The predicted octanol–water partition coefficient (Wildman–Crippen LogP) is 5.62. The Morgan fingerprint density at radius 3 is 2.25 bits per heavy atom. The van der Waals surface area contributed by atoms with Crippen LogP contribution in [0.15, 0.2) is 84.9 Å². The van der Waals surface area contributed by atoms with Gasteiger partial charge < -0.3 is 4.90 Å². The Morgan fingerprint density at radius 2 is 1.56 bits per heavy atom. The van der Waals surface area contributed by atoms with Gasteiger partial charge in [0.1, 0.15) is 12.1 Å². The van der Waals surface area contributed by atoms with Crippen molar-refractivity contribution < 1.29 is 4.79 Å². The third kappa shape index (κ3) is 2.85. The lowest BCUT2D eigenvalue weighted by molar-refractivity contribution is 0.0906. The summed E-state index contributed by atoms with van der Waals surface area (Å²) >= 11 is 6.12. The number of hydrogen-bond donors (Lipinski definition) is 0. The van der Waals surface area contributed by atoms with E-state index in [-0.39, 0.29) is 5.78 Å². The van der Waals surface area contributed by atoms with Gasteiger partial charge in [0.05, 0.1) is 12.0 Å². The van der Waals surface area contributed by atoms with Gasteiger partial charge in [-0.3, -0.25) is 4.79 Å². The fourth-order valence-corrected chi connectivity index (χ4v) is 5.23. The molecule has 0 saturated carbocycles. The number of nitriles is 2. The van der Waals surface area contributed by atoms with Crippen LogP contribution in [0.1, 0.15) is 27.4 Å². The first-order valence-corrected chi connectivity index (χ1v) is 10.7. The number of carbonyl (C=O) groups is 1. The zero-order valence-electron chi connectivity index (χ0n) is 17.0. The van der Waals surface area contributed by atoms with E-state index < -0.39 is 23.4 Å². The molecular weight excluding hydrogens is 418 g/mol. The van der Waals surface area contributed by atoms with E-state index in [1.807, 2.05) is 71.6 Å². The normalized spacial score (nSPS) is 22.3. The minimum Gasteiger partial charge on any atom is -0.333 e. The SMILES string of the molecule is N#CC1(C#N)[C@@H](c2ccc(Cl)cc2)[C@H](C(=O)c2ccccc2)[C@@H]2C=Cc3ccccc3N21. The lowest BCUT2D eigenvalue weighted by Crippen LogP contribution is -2.48. The van der Waals surface area contributed by atoms with E-state index in [2.05, 4.69) is 12.1 Å². The van der Waals surface area contributed by atoms with Crippen LogP contribution < -0.4 is 4.90 Å². The first kappa shape index (κ1) is 20.1. The van der Waals surface area contributed by atoms with E-state index in [0.29, 0.717) is 10.6 Å². The lowest BCUT2D eigenvalue weighted by atomic mass is 9.73. The van der Waals surface area contributed by atoms with Gasteiger partial charge in [0, 0.05) is 22.2 Å². The van der Waals surface area contributed by atoms with Gasteiger partial charge in [-0.15, -0.1) is 0 Å². The summed E-state index contributed by atoms with van der Waals surface area (Å²) in [5.74, 6) is -1.37. The van der Waals surface area contributed by atoms with Gasteiger partial charge in [-0.05, 0) is 29.3 Å². The quantitative estimate of drug-likeness (QED) is 0.500. The van der Waals surface area contributed by atoms with Crippen LogP contribution in [0.5, 0.6) is 0 Å². The molecule has 5 rings (SSSR count). The van der Waals surface area contributed by atoms with Crippen molar-refractivity contribution in [3.05, 3.63) is 107 Å². The number of nitrogens with zero attached hydrogens (tertiary/aromatic N) is 3. The molecule has 0 radical (unpaired) electrons. The molecule has 3 atom stereocenters. The molecule has 0 spiro atoms. The Labute approximate surface area is 191 Å². The highest BCUT2D eigenvalue weighted by Gasteiger charge is 2.63. The van der Waals surface area contributed by atoms with E-state index in [0.717, 1.165) is 16.8 Å². The van der Waals surface area contributed by atoms with Crippen LogP contribution in [0.2, 0.25) is 5.02 Å². The standard InChI is InChI=1S/C27H18ClN3O/c28-21-13-10-19(11-14-21)25-24(26(32)20-7-2-1-3-8-20)23-15-12-18-6-4-5-9-22(18)31(23)27(25,16-29)17-30/h1-15,23-25H/t23-,24+,25-/m0/s1. The van der Waals surface area contributed by atoms with Crippen molar-refractivity contribution in [2.45, 2.75) is 17.5 Å². The number of benzene rings is 3. The summed E-state index contributed by atoms with van der Waals surface area (Å²) < 4.78 is 0. The largest absolute Gasteiger partial charge is 0.333 e. The van der Waals surface area contributed by atoms with E-state index >= 15 is 0 Å². The molecule has 2 aliphatic heterocycles. The van der Waals surface area contributed by atoms with Crippen molar-refractivity contribution in [1.82, 2.24) is 0 Å². The maximum absolute atomic E-state index is 13.9. The lowest BCUT2D eigenvalue weighted by Gasteiger charge is -2.37. The summed E-state index contributed by atoms with van der Waals surface area (Å²) in [6.07, 6.45) is 3.93. The second-order valence-corrected chi connectivity index (χ2v) is 8.49. The number of para-hydroxylation sites is 1. The molecule has 0 aromatic heterocycles. The Kier molecular flexibility index (Phi) is 4.82. The Hall–Kier alpha value is -3.86. The number of carbonyl (C=O) groups excluding carboxylic acids is 1. The molecule has 2 aliphatic rings. The topological polar surface area (TPSA) is 67.9 Å². The third-order valence-electron chi connectivity index (χ3n) is 6.46. The van der Waals surface area contributed by atoms with Gasteiger partial charge in [-0.25, -0.2) is 0 Å². The molecule has 3 aromatic carbocycles. The second kappa shape index (κ2) is 7.68.